The van der Waals surface area contributed by atoms with E-state index in [0.29, 0.717) is 18.7 Å². The minimum Gasteiger partial charge on any atom is -0.469 e. The molecule has 0 spiro atoms. The van der Waals surface area contributed by atoms with Crippen molar-refractivity contribution in [2.75, 3.05) is 26.7 Å². The van der Waals surface area contributed by atoms with Gasteiger partial charge in [0.2, 0.25) is 0 Å². The first-order valence-electron chi connectivity index (χ1n) is 7.00. The zero-order valence-corrected chi connectivity index (χ0v) is 12.7. The molecule has 0 aromatic heterocycles. The summed E-state index contributed by atoms with van der Waals surface area (Å²) in [5.74, 6) is -0.482. The Balaban J connectivity index is 2.63. The van der Waals surface area contributed by atoms with Crippen LogP contribution < -0.4 is 0 Å². The highest BCUT2D eigenvalue weighted by molar-refractivity contribution is 5.72. The summed E-state index contributed by atoms with van der Waals surface area (Å²) in [5.41, 5.74) is 1.33. The minimum absolute atomic E-state index is 0.233. The molecule has 0 aliphatic rings. The van der Waals surface area contributed by atoms with Gasteiger partial charge in [-0.3, -0.25) is 9.69 Å². The fourth-order valence-electron chi connectivity index (χ4n) is 2.13. The fraction of sp³-hybridized carbons (Fsp3) is 0.500. The topological polar surface area (TPSA) is 73.6 Å². The number of benzene rings is 1. The molecule has 0 aliphatic carbocycles. The Kier molecular flexibility index (Phi) is 6.86. The van der Waals surface area contributed by atoms with Gasteiger partial charge in [0.25, 0.3) is 0 Å². The Morgan fingerprint density at radius 2 is 2.00 bits per heavy atom. The van der Waals surface area contributed by atoms with Crippen LogP contribution in [0.3, 0.4) is 0 Å². The normalized spacial score (nSPS) is 13.5. The average molecular weight is 290 g/mol. The second kappa shape index (κ2) is 8.40. The lowest BCUT2D eigenvalue weighted by atomic mass is 10.1. The highest BCUT2D eigenvalue weighted by Gasteiger charge is 2.19. The van der Waals surface area contributed by atoms with Gasteiger partial charge in [0.1, 0.15) is 0 Å². The van der Waals surface area contributed by atoms with Gasteiger partial charge in [0.05, 0.1) is 30.8 Å². The molecule has 0 fully saturated rings. The molecule has 0 aliphatic heterocycles. The second-order valence-electron chi connectivity index (χ2n) is 5.03. The number of hydrogen-bond donors (Lipinski definition) is 1. The summed E-state index contributed by atoms with van der Waals surface area (Å²) in [7, 11) is 1.38. The van der Waals surface area contributed by atoms with E-state index in [9.17, 15) is 9.90 Å². The van der Waals surface area contributed by atoms with Crippen LogP contribution in [0, 0.1) is 17.2 Å². The van der Waals surface area contributed by atoms with E-state index in [1.165, 1.54) is 7.11 Å². The van der Waals surface area contributed by atoms with E-state index in [-0.39, 0.29) is 11.9 Å². The van der Waals surface area contributed by atoms with Gasteiger partial charge in [-0.1, -0.05) is 26.0 Å². The molecule has 5 heteroatoms. The SMILES string of the molecule is CCN(CC(C)C(=O)OC)CC(O)c1ccc(C#N)cc1. The molecule has 2 unspecified atom stereocenters. The molecule has 0 saturated carbocycles. The van der Waals surface area contributed by atoms with Crippen LogP contribution in [0.5, 0.6) is 0 Å². The molecule has 0 bridgehead atoms. The number of hydrogen-bond acceptors (Lipinski definition) is 5. The lowest BCUT2D eigenvalue weighted by Crippen LogP contribution is -2.35. The number of carbonyl (C=O) groups excluding carboxylic acids is 1. The highest BCUT2D eigenvalue weighted by Crippen LogP contribution is 2.16. The van der Waals surface area contributed by atoms with Crippen LogP contribution in [-0.4, -0.2) is 42.7 Å². The van der Waals surface area contributed by atoms with Crippen LogP contribution in [0.2, 0.25) is 0 Å². The molecule has 1 aromatic carbocycles. The van der Waals surface area contributed by atoms with Crippen LogP contribution in [-0.2, 0) is 9.53 Å². The number of nitriles is 1. The predicted molar refractivity (Wildman–Crippen MR) is 79.4 cm³/mol. The van der Waals surface area contributed by atoms with Crippen molar-refractivity contribution in [3.63, 3.8) is 0 Å². The molecule has 2 atom stereocenters. The van der Waals surface area contributed by atoms with Gasteiger partial charge in [0.15, 0.2) is 0 Å². The Hall–Kier alpha value is -1.90. The zero-order valence-electron chi connectivity index (χ0n) is 12.7. The smallest absolute Gasteiger partial charge is 0.309 e. The Bertz CT molecular complexity index is 493. The van der Waals surface area contributed by atoms with E-state index in [2.05, 4.69) is 0 Å². The summed E-state index contributed by atoms with van der Waals surface area (Å²) in [6.45, 7) is 5.49. The number of nitrogens with zero attached hydrogens (tertiary/aromatic N) is 2. The largest absolute Gasteiger partial charge is 0.469 e. The number of likely N-dealkylation sites (N-methyl/N-ethyl adjacent to an activating group) is 1. The molecular weight excluding hydrogens is 268 g/mol. The minimum atomic E-state index is -0.650. The van der Waals surface area contributed by atoms with E-state index < -0.39 is 6.10 Å². The van der Waals surface area contributed by atoms with Crippen LogP contribution in [0.15, 0.2) is 24.3 Å². The standard InChI is InChI=1S/C16H22N2O3/c1-4-18(10-12(2)16(20)21-3)11-15(19)14-7-5-13(9-17)6-8-14/h5-8,12,15,19H,4,10-11H2,1-3H3. The van der Waals surface area contributed by atoms with E-state index in [1.54, 1.807) is 24.3 Å². The molecular formula is C16H22N2O3. The number of carbonyl (C=O) groups is 1. The zero-order chi connectivity index (χ0) is 15.8. The van der Waals surface area contributed by atoms with Crippen LogP contribution in [0.4, 0.5) is 0 Å². The third-order valence-electron chi connectivity index (χ3n) is 3.44. The Labute approximate surface area is 125 Å². The molecule has 21 heavy (non-hydrogen) atoms. The summed E-state index contributed by atoms with van der Waals surface area (Å²) in [6, 6.07) is 8.92. The third-order valence-corrected chi connectivity index (χ3v) is 3.44. The second-order valence-corrected chi connectivity index (χ2v) is 5.03. The van der Waals surface area contributed by atoms with Gasteiger partial charge >= 0.3 is 5.97 Å². The third kappa shape index (κ3) is 5.18. The van der Waals surface area contributed by atoms with E-state index >= 15 is 0 Å². The monoisotopic (exact) mass is 290 g/mol. The number of ether oxygens (including phenoxy) is 1. The first-order chi connectivity index (χ1) is 10.0. The molecule has 0 heterocycles. The molecule has 114 valence electrons. The summed E-state index contributed by atoms with van der Waals surface area (Å²) in [4.78, 5) is 13.5. The number of methoxy groups -OCH3 is 1. The van der Waals surface area contributed by atoms with Crippen molar-refractivity contribution >= 4 is 5.97 Å². The maximum absolute atomic E-state index is 11.4. The molecule has 1 N–H and O–H groups in total. The average Bonchev–Trinajstić information content (AvgIpc) is 2.53. The molecule has 0 saturated heterocycles. The molecule has 0 amide bonds. The van der Waals surface area contributed by atoms with Crippen LogP contribution in [0.1, 0.15) is 31.1 Å². The first-order valence-corrected chi connectivity index (χ1v) is 7.00. The van der Waals surface area contributed by atoms with E-state index in [0.717, 1.165) is 12.1 Å². The summed E-state index contributed by atoms with van der Waals surface area (Å²) in [6.07, 6.45) is -0.650. The molecule has 1 aromatic rings. The van der Waals surface area contributed by atoms with Gasteiger partial charge in [-0.25, -0.2) is 0 Å². The summed E-state index contributed by atoms with van der Waals surface area (Å²) >= 11 is 0. The van der Waals surface area contributed by atoms with Gasteiger partial charge in [-0.2, -0.15) is 5.26 Å². The number of esters is 1. The van der Waals surface area contributed by atoms with Crippen molar-refractivity contribution in [1.29, 1.82) is 5.26 Å². The molecule has 5 nitrogen and oxygen atoms in total. The first kappa shape index (κ1) is 17.2. The fourth-order valence-corrected chi connectivity index (χ4v) is 2.13. The predicted octanol–water partition coefficient (Wildman–Crippen LogP) is 1.72. The Morgan fingerprint density at radius 3 is 2.48 bits per heavy atom. The number of aliphatic hydroxyl groups excluding tert-OH is 1. The van der Waals surface area contributed by atoms with Crippen LogP contribution in [0.25, 0.3) is 0 Å². The van der Waals surface area contributed by atoms with Gasteiger partial charge in [-0.05, 0) is 24.2 Å². The maximum Gasteiger partial charge on any atom is 0.309 e. The van der Waals surface area contributed by atoms with Crippen LogP contribution >= 0.6 is 0 Å². The lowest BCUT2D eigenvalue weighted by molar-refractivity contribution is -0.145. The molecule has 0 radical (unpaired) electrons. The summed E-state index contributed by atoms with van der Waals surface area (Å²) in [5, 5.41) is 19.0. The van der Waals surface area contributed by atoms with Gasteiger partial charge < -0.3 is 9.84 Å². The van der Waals surface area contributed by atoms with Crippen molar-refractivity contribution in [2.24, 2.45) is 5.92 Å². The van der Waals surface area contributed by atoms with Crippen molar-refractivity contribution in [3.05, 3.63) is 35.4 Å². The lowest BCUT2D eigenvalue weighted by Gasteiger charge is -2.25. The Morgan fingerprint density at radius 1 is 1.38 bits per heavy atom. The van der Waals surface area contributed by atoms with Crippen molar-refractivity contribution in [3.8, 4) is 6.07 Å². The summed E-state index contributed by atoms with van der Waals surface area (Å²) < 4.78 is 4.71. The quantitative estimate of drug-likeness (QED) is 0.774. The van der Waals surface area contributed by atoms with E-state index in [1.807, 2.05) is 24.8 Å². The van der Waals surface area contributed by atoms with Crippen molar-refractivity contribution in [1.82, 2.24) is 4.90 Å². The number of aliphatic hydroxyl groups is 1. The van der Waals surface area contributed by atoms with Gasteiger partial charge in [0, 0.05) is 13.1 Å². The van der Waals surface area contributed by atoms with Crippen molar-refractivity contribution < 1.29 is 14.6 Å². The maximum atomic E-state index is 11.4. The van der Waals surface area contributed by atoms with Crippen molar-refractivity contribution in [2.45, 2.75) is 20.0 Å². The highest BCUT2D eigenvalue weighted by atomic mass is 16.5. The van der Waals surface area contributed by atoms with Gasteiger partial charge in [-0.15, -0.1) is 0 Å². The van der Waals surface area contributed by atoms with E-state index in [4.69, 9.17) is 10.00 Å². The molecule has 1 rings (SSSR count). The number of rotatable bonds is 7.